The number of Topliss-reactive ketones (excluding diaryl/α,β-unsaturated/α-hetero) is 1. The summed E-state index contributed by atoms with van der Waals surface area (Å²) in [5.41, 5.74) is -1.38. The van der Waals surface area contributed by atoms with Gasteiger partial charge in [0.15, 0.2) is 5.78 Å². The highest BCUT2D eigenvalue weighted by Crippen LogP contribution is 2.27. The van der Waals surface area contributed by atoms with Crippen LogP contribution in [0.1, 0.15) is 20.8 Å². The van der Waals surface area contributed by atoms with Crippen molar-refractivity contribution in [2.24, 2.45) is 0 Å². The van der Waals surface area contributed by atoms with Gasteiger partial charge in [-0.05, 0) is 13.8 Å². The first-order chi connectivity index (χ1) is 7.90. The molecule has 1 N–H and O–H groups in total. The number of nitrogens with one attached hydrogen (secondary N) is 1. The van der Waals surface area contributed by atoms with Gasteiger partial charge in [-0.15, -0.1) is 0 Å². The molecule has 1 amide bonds. The minimum Gasteiger partial charge on any atom is -0.349 e. The zero-order valence-corrected chi connectivity index (χ0v) is 10.2. The minimum absolute atomic E-state index is 0.140. The van der Waals surface area contributed by atoms with Gasteiger partial charge in [-0.25, -0.2) is 6.57 Å². The number of likely N-dealkylation sites (N-methyl/N-ethyl adjacent to an activating group) is 1. The van der Waals surface area contributed by atoms with E-state index in [9.17, 15) is 9.59 Å². The molecule has 1 fully saturated rings. The molecule has 0 bridgehead atoms. The highest BCUT2D eigenvalue weighted by Gasteiger charge is 2.54. The van der Waals surface area contributed by atoms with E-state index in [1.54, 1.807) is 6.92 Å². The van der Waals surface area contributed by atoms with Crippen molar-refractivity contribution in [3.8, 4) is 0 Å². The van der Waals surface area contributed by atoms with Crippen LogP contribution in [0, 0.1) is 6.57 Å². The SMILES string of the molecule is [C-]#[N+]C1(C(=O)NCC)COC(C)(C(C)=O)OC1. The number of rotatable bonds is 3. The Labute approximate surface area is 100 Å². The first-order valence-corrected chi connectivity index (χ1v) is 5.36. The van der Waals surface area contributed by atoms with E-state index in [0.717, 1.165) is 0 Å². The van der Waals surface area contributed by atoms with Gasteiger partial charge in [0, 0.05) is 13.5 Å². The molecule has 1 saturated heterocycles. The van der Waals surface area contributed by atoms with Crippen molar-refractivity contribution in [2.45, 2.75) is 32.1 Å². The maximum Gasteiger partial charge on any atom is 0.354 e. The van der Waals surface area contributed by atoms with Gasteiger partial charge < -0.3 is 14.8 Å². The summed E-state index contributed by atoms with van der Waals surface area (Å²) in [5, 5.41) is 2.57. The van der Waals surface area contributed by atoms with Crippen LogP contribution in [0.5, 0.6) is 0 Å². The van der Waals surface area contributed by atoms with Crippen molar-refractivity contribution >= 4 is 11.7 Å². The fourth-order valence-electron chi connectivity index (χ4n) is 1.37. The van der Waals surface area contributed by atoms with Crippen LogP contribution in [0.3, 0.4) is 0 Å². The van der Waals surface area contributed by atoms with E-state index in [2.05, 4.69) is 10.2 Å². The third-order valence-corrected chi connectivity index (χ3v) is 2.79. The zero-order valence-electron chi connectivity index (χ0n) is 10.2. The summed E-state index contributed by atoms with van der Waals surface area (Å²) in [5.74, 6) is -2.06. The molecule has 0 spiro atoms. The number of carbonyl (C=O) groups excluding carboxylic acids is 2. The van der Waals surface area contributed by atoms with Gasteiger partial charge in [-0.2, -0.15) is 0 Å². The monoisotopic (exact) mass is 240 g/mol. The number of ether oxygens (including phenoxy) is 2. The van der Waals surface area contributed by atoms with E-state index in [-0.39, 0.29) is 19.0 Å². The molecule has 1 rings (SSSR count). The van der Waals surface area contributed by atoms with E-state index in [1.807, 2.05) is 0 Å². The summed E-state index contributed by atoms with van der Waals surface area (Å²) in [6.07, 6.45) is 0. The van der Waals surface area contributed by atoms with Gasteiger partial charge in [-0.1, -0.05) is 0 Å². The third-order valence-electron chi connectivity index (χ3n) is 2.79. The lowest BCUT2D eigenvalue weighted by Crippen LogP contribution is -2.59. The van der Waals surface area contributed by atoms with Crippen molar-refractivity contribution in [3.05, 3.63) is 11.4 Å². The fourth-order valence-corrected chi connectivity index (χ4v) is 1.37. The Balaban J connectivity index is 2.81. The standard InChI is InChI=1S/C11H16N2O4/c1-5-13-9(15)11(12-4)6-16-10(3,8(2)14)17-7-11/h5-7H2,1-3H3,(H,13,15). The molecule has 17 heavy (non-hydrogen) atoms. The molecule has 0 unspecified atom stereocenters. The summed E-state index contributed by atoms with van der Waals surface area (Å²) < 4.78 is 10.5. The van der Waals surface area contributed by atoms with Gasteiger partial charge in [0.05, 0.1) is 0 Å². The van der Waals surface area contributed by atoms with Gasteiger partial charge in [0.25, 0.3) is 0 Å². The maximum absolute atomic E-state index is 11.8. The molecule has 0 aliphatic carbocycles. The van der Waals surface area contributed by atoms with Crippen LogP contribution in [-0.4, -0.2) is 42.8 Å². The number of carbonyl (C=O) groups is 2. The molecule has 1 aliphatic heterocycles. The lowest BCUT2D eigenvalue weighted by Gasteiger charge is -2.36. The lowest BCUT2D eigenvalue weighted by atomic mass is 9.99. The van der Waals surface area contributed by atoms with Gasteiger partial charge in [-0.3, -0.25) is 14.4 Å². The summed E-state index contributed by atoms with van der Waals surface area (Å²) in [4.78, 5) is 26.3. The second-order valence-corrected chi connectivity index (χ2v) is 4.08. The number of nitrogens with zero attached hydrogens (tertiary/aromatic N) is 1. The molecule has 0 aromatic heterocycles. The van der Waals surface area contributed by atoms with Crippen LogP contribution in [-0.2, 0) is 19.1 Å². The average Bonchev–Trinajstić information content (AvgIpc) is 2.30. The molecular weight excluding hydrogens is 224 g/mol. The van der Waals surface area contributed by atoms with Crippen molar-refractivity contribution in [1.29, 1.82) is 0 Å². The van der Waals surface area contributed by atoms with Crippen molar-refractivity contribution in [1.82, 2.24) is 5.32 Å². The van der Waals surface area contributed by atoms with Crippen LogP contribution in [0.25, 0.3) is 4.85 Å². The minimum atomic E-state index is -1.38. The topological polar surface area (TPSA) is 69.0 Å². The number of hydrogen-bond donors (Lipinski definition) is 1. The normalized spacial score (nSPS) is 32.6. The predicted molar refractivity (Wildman–Crippen MR) is 59.0 cm³/mol. The van der Waals surface area contributed by atoms with Gasteiger partial charge in [0.1, 0.15) is 13.2 Å². The van der Waals surface area contributed by atoms with E-state index in [0.29, 0.717) is 6.54 Å². The Morgan fingerprint density at radius 3 is 2.29 bits per heavy atom. The quantitative estimate of drug-likeness (QED) is 0.712. The van der Waals surface area contributed by atoms with Crippen molar-refractivity contribution < 1.29 is 19.1 Å². The molecule has 0 radical (unpaired) electrons. The summed E-state index contributed by atoms with van der Waals surface area (Å²) >= 11 is 0. The van der Waals surface area contributed by atoms with Crippen LogP contribution < -0.4 is 5.32 Å². The Kier molecular flexibility index (Phi) is 3.86. The summed E-state index contributed by atoms with van der Waals surface area (Å²) in [6, 6.07) is 0. The van der Waals surface area contributed by atoms with Crippen molar-refractivity contribution in [3.63, 3.8) is 0 Å². The largest absolute Gasteiger partial charge is 0.354 e. The predicted octanol–water partition coefficient (Wildman–Crippen LogP) is 0.133. The highest BCUT2D eigenvalue weighted by atomic mass is 16.7. The molecule has 0 aromatic carbocycles. The van der Waals surface area contributed by atoms with E-state index < -0.39 is 17.2 Å². The molecule has 1 heterocycles. The molecule has 6 heteroatoms. The molecule has 6 nitrogen and oxygen atoms in total. The third kappa shape index (κ3) is 2.46. The number of ketones is 1. The second-order valence-electron chi connectivity index (χ2n) is 4.08. The highest BCUT2D eigenvalue weighted by molar-refractivity contribution is 5.89. The van der Waals surface area contributed by atoms with Crippen LogP contribution >= 0.6 is 0 Å². The molecule has 94 valence electrons. The Hall–Kier alpha value is -1.45. The number of hydrogen-bond acceptors (Lipinski definition) is 4. The molecule has 0 aromatic rings. The van der Waals surface area contributed by atoms with E-state index in [4.69, 9.17) is 16.0 Å². The lowest BCUT2D eigenvalue weighted by molar-refractivity contribution is -0.254. The Morgan fingerprint density at radius 2 is 1.94 bits per heavy atom. The summed E-state index contributed by atoms with van der Waals surface area (Å²) in [7, 11) is 0. The van der Waals surface area contributed by atoms with Crippen LogP contribution in [0.4, 0.5) is 0 Å². The first kappa shape index (κ1) is 13.6. The smallest absolute Gasteiger partial charge is 0.349 e. The molecule has 1 aliphatic rings. The molecule has 0 atom stereocenters. The van der Waals surface area contributed by atoms with Crippen LogP contribution in [0.15, 0.2) is 0 Å². The maximum atomic E-state index is 11.8. The average molecular weight is 240 g/mol. The number of amides is 1. The molecule has 0 saturated carbocycles. The Morgan fingerprint density at radius 1 is 1.41 bits per heavy atom. The van der Waals surface area contributed by atoms with E-state index in [1.165, 1.54) is 13.8 Å². The second kappa shape index (κ2) is 4.82. The van der Waals surface area contributed by atoms with Crippen molar-refractivity contribution in [2.75, 3.05) is 19.8 Å². The van der Waals surface area contributed by atoms with Crippen LogP contribution in [0.2, 0.25) is 0 Å². The van der Waals surface area contributed by atoms with Gasteiger partial charge >= 0.3 is 11.4 Å². The Bertz CT molecular complexity index is 364. The van der Waals surface area contributed by atoms with Gasteiger partial charge in [0.2, 0.25) is 5.79 Å². The zero-order chi connectivity index (χ0) is 13.1. The summed E-state index contributed by atoms with van der Waals surface area (Å²) in [6.45, 7) is 11.9. The molecular formula is C11H16N2O4. The van der Waals surface area contributed by atoms with E-state index >= 15 is 0 Å². The fraction of sp³-hybridized carbons (Fsp3) is 0.727. The first-order valence-electron chi connectivity index (χ1n) is 5.36.